The smallest absolute Gasteiger partial charge is 0.410 e. The topological polar surface area (TPSA) is 225 Å². The summed E-state index contributed by atoms with van der Waals surface area (Å²) >= 11 is 0. The molecule has 0 unspecified atom stereocenters. The molecule has 74 heavy (non-hydrogen) atoms. The molecule has 18 nitrogen and oxygen atoms in total. The fourth-order valence-corrected chi connectivity index (χ4v) is 11.8. The Morgan fingerprint density at radius 1 is 0.892 bits per heavy atom. The molecule has 7 aliphatic heterocycles. The number of piperazine rings is 1. The van der Waals surface area contributed by atoms with Gasteiger partial charge in [-0.3, -0.25) is 19.5 Å². The summed E-state index contributed by atoms with van der Waals surface area (Å²) in [4.78, 5) is 59.3. The van der Waals surface area contributed by atoms with Gasteiger partial charge < -0.3 is 59.2 Å². The number of allylic oxidation sites excluding steroid dienone is 2. The van der Waals surface area contributed by atoms with Crippen LogP contribution >= 0.6 is 0 Å². The van der Waals surface area contributed by atoms with Gasteiger partial charge in [-0.25, -0.2) is 9.79 Å². The standard InChI is InChI=1S/C56H80N6O12/c1-31(2)30-61-21-18-56(19-22-61)58-43-40-41-48(65)37(8)51-42(40)52(67)55(9,74-51)72-29-17-39(70-10)34(5)50(73-54(69)62-25-23-60(24-26-62)20-14-38-15-27-71-28-16-38)36(7)47(64)35(6)46(63)32(3)12-11-13-33(4)53(68)57-45(49(41)66)44(43)59-56/h11-13,17,29,31-32,34-36,38-39,46-47,50,58,63-66H,14-16,18-28,30H2,1-10H3/b12-11+,29-17+,33-13-,57-45?/t32-,34+,35+,36+,39-,46-,47+,50+,55-/m0/s1. The molecule has 2 amide bonds. The molecule has 9 rings (SSSR count). The number of hydrogen-bond donors (Lipinski definition) is 5. The molecule has 0 saturated carbocycles. The van der Waals surface area contributed by atoms with E-state index < -0.39 is 83.1 Å². The molecule has 406 valence electrons. The number of fused-ring (bicyclic) bond motifs is 13. The summed E-state index contributed by atoms with van der Waals surface area (Å²) in [7, 11) is 1.50. The Hall–Kier alpha value is -5.11. The van der Waals surface area contributed by atoms with E-state index in [-0.39, 0.29) is 49.7 Å². The van der Waals surface area contributed by atoms with E-state index >= 15 is 0 Å². The van der Waals surface area contributed by atoms with E-state index in [0.717, 1.165) is 58.7 Å². The van der Waals surface area contributed by atoms with Crippen LogP contribution in [0.25, 0.3) is 10.8 Å². The summed E-state index contributed by atoms with van der Waals surface area (Å²) in [6, 6.07) is 0. The molecule has 3 fully saturated rings. The van der Waals surface area contributed by atoms with E-state index in [4.69, 9.17) is 28.7 Å². The van der Waals surface area contributed by atoms with Crippen LogP contribution in [0.5, 0.6) is 17.2 Å². The fraction of sp³-hybridized carbons (Fsp3) is 0.661. The van der Waals surface area contributed by atoms with Crippen LogP contribution in [-0.2, 0) is 23.7 Å². The number of likely N-dealkylation sites (tertiary alicyclic amines) is 1. The maximum Gasteiger partial charge on any atom is 0.410 e. The first kappa shape index (κ1) is 55.1. The fourth-order valence-electron chi connectivity index (χ4n) is 11.8. The summed E-state index contributed by atoms with van der Waals surface area (Å²) in [5.74, 6) is -5.52. The van der Waals surface area contributed by atoms with Gasteiger partial charge in [0, 0.05) is 126 Å². The lowest BCUT2D eigenvalue weighted by atomic mass is 9.78. The summed E-state index contributed by atoms with van der Waals surface area (Å²) in [6.07, 6.45) is 7.78. The number of anilines is 1. The zero-order valence-electron chi connectivity index (χ0n) is 45.1. The lowest BCUT2D eigenvalue weighted by molar-refractivity contribution is -0.114. The van der Waals surface area contributed by atoms with Gasteiger partial charge in [0.2, 0.25) is 0 Å². The summed E-state index contributed by atoms with van der Waals surface area (Å²) < 4.78 is 30.6. The van der Waals surface area contributed by atoms with Crippen molar-refractivity contribution in [3.05, 3.63) is 58.0 Å². The molecular weight excluding hydrogens is 949 g/mol. The molecule has 7 aliphatic rings. The first-order valence-corrected chi connectivity index (χ1v) is 26.8. The Bertz CT molecular complexity index is 2650. The van der Waals surface area contributed by atoms with Crippen molar-refractivity contribution in [2.24, 2.45) is 45.5 Å². The van der Waals surface area contributed by atoms with Gasteiger partial charge in [-0.05, 0) is 57.6 Å². The maximum atomic E-state index is 15.0. The van der Waals surface area contributed by atoms with Crippen molar-refractivity contribution < 1.29 is 58.5 Å². The highest BCUT2D eigenvalue weighted by Crippen LogP contribution is 2.51. The predicted molar refractivity (Wildman–Crippen MR) is 279 cm³/mol. The largest absolute Gasteiger partial charge is 0.507 e. The molecule has 9 atom stereocenters. The summed E-state index contributed by atoms with van der Waals surface area (Å²) in [5, 5.41) is 51.7. The number of aliphatic hydroxyl groups excluding tert-OH is 2. The Labute approximate surface area is 435 Å². The number of benzene rings is 2. The number of ketones is 1. The number of hydrogen-bond acceptors (Lipinski definition) is 16. The Morgan fingerprint density at radius 3 is 2.24 bits per heavy atom. The van der Waals surface area contributed by atoms with E-state index in [0.29, 0.717) is 56.5 Å². The molecule has 5 N–H and O–H groups in total. The molecule has 5 bridgehead atoms. The van der Waals surface area contributed by atoms with Gasteiger partial charge in [-0.1, -0.05) is 59.8 Å². The van der Waals surface area contributed by atoms with Crippen molar-refractivity contribution in [3.63, 3.8) is 0 Å². The lowest BCUT2D eigenvalue weighted by Crippen LogP contribution is -2.52. The van der Waals surface area contributed by atoms with Crippen LogP contribution in [0, 0.1) is 42.4 Å². The van der Waals surface area contributed by atoms with Gasteiger partial charge in [0.05, 0.1) is 41.2 Å². The molecule has 2 aromatic rings. The van der Waals surface area contributed by atoms with Crippen LogP contribution < -0.4 is 20.8 Å². The van der Waals surface area contributed by atoms with Crippen LogP contribution in [0.3, 0.4) is 0 Å². The number of amides is 2. The SMILES string of the molecule is CO[C@H]1/C=C/O[C@@]2(C)Oc3c(C)c(O)c4c(O)c(c5c(c4c3C2=O)NC2(CCN(CC(C)C)CC2)N=5)=NC(=O)/C(C)=C\C=C\[C@H](C)[C@H](O)[C@@H](C)[C@@H](O)[C@@H](C)[C@H](OC(=O)N2CCN(CCC3CCOCC3)CC2)[C@@H]1C. The predicted octanol–water partition coefficient (Wildman–Crippen LogP) is 5.76. The Balaban J connectivity index is 1.15. The number of nitrogens with one attached hydrogen (secondary N) is 1. The van der Waals surface area contributed by atoms with Gasteiger partial charge in [-0.15, -0.1) is 0 Å². The second-order valence-electron chi connectivity index (χ2n) is 22.4. The van der Waals surface area contributed by atoms with E-state index in [2.05, 4.69) is 34.0 Å². The number of ether oxygens (including phenoxy) is 5. The van der Waals surface area contributed by atoms with Gasteiger partial charge in [0.15, 0.2) is 5.75 Å². The van der Waals surface area contributed by atoms with Crippen molar-refractivity contribution in [1.82, 2.24) is 14.7 Å². The first-order chi connectivity index (χ1) is 35.2. The molecule has 2 aromatic carbocycles. The number of phenols is 2. The van der Waals surface area contributed by atoms with Gasteiger partial charge >= 0.3 is 11.9 Å². The molecule has 7 heterocycles. The van der Waals surface area contributed by atoms with Crippen molar-refractivity contribution in [1.29, 1.82) is 0 Å². The Morgan fingerprint density at radius 2 is 1.58 bits per heavy atom. The first-order valence-electron chi connectivity index (χ1n) is 26.8. The van der Waals surface area contributed by atoms with Crippen molar-refractivity contribution in [3.8, 4) is 17.2 Å². The van der Waals surface area contributed by atoms with Crippen LogP contribution in [0.4, 0.5) is 10.5 Å². The third kappa shape index (κ3) is 11.1. The zero-order valence-corrected chi connectivity index (χ0v) is 45.1. The minimum atomic E-state index is -1.98. The highest BCUT2D eigenvalue weighted by Gasteiger charge is 2.51. The van der Waals surface area contributed by atoms with Crippen LogP contribution in [0.2, 0.25) is 0 Å². The number of piperidine rings is 1. The molecule has 18 heteroatoms. The molecular formula is C56H80N6O12. The van der Waals surface area contributed by atoms with Crippen molar-refractivity contribution >= 4 is 34.2 Å². The highest BCUT2D eigenvalue weighted by molar-refractivity contribution is 6.21. The van der Waals surface area contributed by atoms with Crippen LogP contribution in [0.1, 0.15) is 103 Å². The second-order valence-corrected chi connectivity index (χ2v) is 22.4. The van der Waals surface area contributed by atoms with Gasteiger partial charge in [0.25, 0.3) is 11.7 Å². The monoisotopic (exact) mass is 1030 g/mol. The number of phenolic OH excluding ortho intramolecular Hbond substituents is 2. The van der Waals surface area contributed by atoms with E-state index in [1.54, 1.807) is 63.8 Å². The average Bonchev–Trinajstić information content (AvgIpc) is 3.89. The number of Topliss-reactive ketones (excluding diaryl/α,β-unsaturated/α-hetero) is 1. The third-order valence-corrected chi connectivity index (χ3v) is 16.7. The highest BCUT2D eigenvalue weighted by atomic mass is 16.7. The average molecular weight is 1030 g/mol. The van der Waals surface area contributed by atoms with Gasteiger partial charge in [-0.2, -0.15) is 0 Å². The number of carbonyl (C=O) groups excluding carboxylic acids is 3. The van der Waals surface area contributed by atoms with Gasteiger partial charge in [0.1, 0.15) is 34.0 Å². The van der Waals surface area contributed by atoms with Crippen LogP contribution in [0.15, 0.2) is 46.1 Å². The van der Waals surface area contributed by atoms with Crippen molar-refractivity contribution in [2.75, 3.05) is 78.0 Å². The van der Waals surface area contributed by atoms with E-state index in [1.165, 1.54) is 20.3 Å². The Kier molecular flexibility index (Phi) is 16.9. The molecule has 0 aromatic heterocycles. The lowest BCUT2D eigenvalue weighted by Gasteiger charge is -2.40. The van der Waals surface area contributed by atoms with E-state index in [9.17, 15) is 34.8 Å². The number of rotatable bonds is 7. The summed E-state index contributed by atoms with van der Waals surface area (Å²) in [6.45, 7) is 23.4. The summed E-state index contributed by atoms with van der Waals surface area (Å²) in [5.41, 5.74) is -0.116. The molecule has 1 spiro atoms. The number of nitrogens with zero attached hydrogens (tertiary/aromatic N) is 5. The van der Waals surface area contributed by atoms with Crippen molar-refractivity contribution in [2.45, 2.75) is 130 Å². The van der Waals surface area contributed by atoms with Crippen LogP contribution in [-0.4, -0.2) is 161 Å². The molecule has 0 radical (unpaired) electrons. The molecule has 0 aliphatic carbocycles. The minimum Gasteiger partial charge on any atom is -0.507 e. The maximum absolute atomic E-state index is 15.0. The number of carbonyl (C=O) groups is 3. The minimum absolute atomic E-state index is 0.0559. The number of aromatic hydroxyl groups is 2. The normalized spacial score (nSPS) is 32.1. The number of aliphatic hydroxyl groups is 2. The zero-order chi connectivity index (χ0) is 53.4. The van der Waals surface area contributed by atoms with E-state index in [1.807, 2.05) is 6.92 Å². The number of methoxy groups -OCH3 is 1. The quantitative estimate of drug-likeness (QED) is 0.208. The third-order valence-electron chi connectivity index (χ3n) is 16.7. The molecule has 3 saturated heterocycles. The second kappa shape index (κ2) is 22.6.